The first-order valence-corrected chi connectivity index (χ1v) is 5.90. The largest absolute Gasteiger partial charge is 0.341 e. The van der Waals surface area contributed by atoms with Gasteiger partial charge in [-0.15, -0.1) is 0 Å². The number of benzene rings is 1. The van der Waals surface area contributed by atoms with Crippen molar-refractivity contribution in [3.63, 3.8) is 0 Å². The lowest BCUT2D eigenvalue weighted by Crippen LogP contribution is -2.27. The van der Waals surface area contributed by atoms with Gasteiger partial charge in [0.25, 0.3) is 0 Å². The normalized spacial score (nSPS) is 11.8. The van der Waals surface area contributed by atoms with Gasteiger partial charge in [0.1, 0.15) is 5.82 Å². The Hall–Kier alpha value is -1.88. The zero-order valence-electron chi connectivity index (χ0n) is 10.9. The highest BCUT2D eigenvalue weighted by atomic mass is 16.2. The van der Waals surface area contributed by atoms with Crippen molar-refractivity contribution < 1.29 is 4.79 Å². The van der Waals surface area contributed by atoms with Crippen molar-refractivity contribution in [1.82, 2.24) is 9.97 Å². The molecule has 4 N–H and O–H groups in total. The van der Waals surface area contributed by atoms with Gasteiger partial charge in [-0.25, -0.2) is 4.98 Å². The van der Waals surface area contributed by atoms with E-state index < -0.39 is 5.41 Å². The second-order valence-corrected chi connectivity index (χ2v) is 5.32. The van der Waals surface area contributed by atoms with Gasteiger partial charge < -0.3 is 16.0 Å². The summed E-state index contributed by atoms with van der Waals surface area (Å²) in [6, 6.07) is 5.57. The third-order valence-electron chi connectivity index (χ3n) is 2.66. The lowest BCUT2D eigenvalue weighted by atomic mass is 9.95. The molecule has 0 saturated heterocycles. The third kappa shape index (κ3) is 2.51. The summed E-state index contributed by atoms with van der Waals surface area (Å²) in [5.74, 6) is 0.727. The molecule has 0 unspecified atom stereocenters. The Morgan fingerprint density at radius 2 is 2.17 bits per heavy atom. The summed E-state index contributed by atoms with van der Waals surface area (Å²) < 4.78 is 0. The molecule has 0 saturated carbocycles. The Bertz CT molecular complexity index is 580. The van der Waals surface area contributed by atoms with Crippen molar-refractivity contribution in [3.05, 3.63) is 24.0 Å². The fourth-order valence-electron chi connectivity index (χ4n) is 1.56. The van der Waals surface area contributed by atoms with Crippen molar-refractivity contribution in [2.24, 2.45) is 11.1 Å². The average Bonchev–Trinajstić information content (AvgIpc) is 2.69. The first-order chi connectivity index (χ1) is 8.40. The van der Waals surface area contributed by atoms with E-state index in [4.69, 9.17) is 5.73 Å². The van der Waals surface area contributed by atoms with Gasteiger partial charge in [0.2, 0.25) is 5.91 Å². The number of hydrogen-bond acceptors (Lipinski definition) is 3. The number of aromatic nitrogens is 2. The van der Waals surface area contributed by atoms with E-state index in [1.165, 1.54) is 0 Å². The summed E-state index contributed by atoms with van der Waals surface area (Å²) >= 11 is 0. The maximum atomic E-state index is 11.9. The van der Waals surface area contributed by atoms with Gasteiger partial charge in [-0.1, -0.05) is 20.8 Å². The van der Waals surface area contributed by atoms with Crippen molar-refractivity contribution in [3.8, 4) is 0 Å². The van der Waals surface area contributed by atoms with E-state index in [9.17, 15) is 4.79 Å². The highest BCUT2D eigenvalue weighted by Gasteiger charge is 2.21. The monoisotopic (exact) mass is 246 g/mol. The van der Waals surface area contributed by atoms with E-state index in [-0.39, 0.29) is 5.91 Å². The van der Waals surface area contributed by atoms with Crippen LogP contribution in [0.25, 0.3) is 11.0 Å². The van der Waals surface area contributed by atoms with E-state index in [1.807, 2.05) is 39.0 Å². The van der Waals surface area contributed by atoms with Crippen LogP contribution in [0.4, 0.5) is 5.69 Å². The minimum Gasteiger partial charge on any atom is -0.341 e. The zero-order chi connectivity index (χ0) is 13.3. The number of anilines is 1. The fourth-order valence-corrected chi connectivity index (χ4v) is 1.56. The van der Waals surface area contributed by atoms with E-state index >= 15 is 0 Å². The van der Waals surface area contributed by atoms with Crippen LogP contribution in [0.2, 0.25) is 0 Å². The molecule has 2 rings (SSSR count). The van der Waals surface area contributed by atoms with Crippen LogP contribution in [0.1, 0.15) is 26.6 Å². The third-order valence-corrected chi connectivity index (χ3v) is 2.66. The van der Waals surface area contributed by atoms with Crippen molar-refractivity contribution in [2.75, 3.05) is 5.32 Å². The molecule has 96 valence electrons. The topological polar surface area (TPSA) is 83.8 Å². The Kier molecular flexibility index (Phi) is 3.09. The number of nitrogens with zero attached hydrogens (tertiary/aromatic N) is 1. The highest BCUT2D eigenvalue weighted by Crippen LogP contribution is 2.20. The standard InChI is InChI=1S/C13H18N4O/c1-13(2,3)12(18)15-8-4-5-9-10(6-8)17-11(7-14)16-9/h4-6H,7,14H2,1-3H3,(H,15,18)(H,16,17). The van der Waals surface area contributed by atoms with Gasteiger partial charge >= 0.3 is 0 Å². The quantitative estimate of drug-likeness (QED) is 0.757. The Balaban J connectivity index is 2.27. The fraction of sp³-hybridized carbons (Fsp3) is 0.385. The van der Waals surface area contributed by atoms with E-state index in [0.717, 1.165) is 22.5 Å². The molecule has 2 aromatic rings. The van der Waals surface area contributed by atoms with E-state index in [0.29, 0.717) is 6.54 Å². The van der Waals surface area contributed by atoms with Crippen molar-refractivity contribution in [2.45, 2.75) is 27.3 Å². The number of H-pyrrole nitrogens is 1. The molecule has 5 nitrogen and oxygen atoms in total. The summed E-state index contributed by atoms with van der Waals surface area (Å²) in [5, 5.41) is 2.88. The molecule has 1 aromatic carbocycles. The minimum absolute atomic E-state index is 0.0135. The van der Waals surface area contributed by atoms with Crippen molar-refractivity contribution >= 4 is 22.6 Å². The summed E-state index contributed by atoms with van der Waals surface area (Å²) in [6.07, 6.45) is 0. The summed E-state index contributed by atoms with van der Waals surface area (Å²) in [7, 11) is 0. The average molecular weight is 246 g/mol. The van der Waals surface area contributed by atoms with Gasteiger partial charge in [0.05, 0.1) is 17.6 Å². The molecule has 0 bridgehead atoms. The maximum absolute atomic E-state index is 11.9. The highest BCUT2D eigenvalue weighted by molar-refractivity contribution is 5.96. The molecule has 0 aliphatic heterocycles. The number of carbonyl (C=O) groups excluding carboxylic acids is 1. The van der Waals surface area contributed by atoms with Crippen LogP contribution in [0.5, 0.6) is 0 Å². The van der Waals surface area contributed by atoms with Crippen LogP contribution in [-0.2, 0) is 11.3 Å². The van der Waals surface area contributed by atoms with Crippen molar-refractivity contribution in [1.29, 1.82) is 0 Å². The van der Waals surface area contributed by atoms with Gasteiger partial charge in [-0.2, -0.15) is 0 Å². The molecule has 18 heavy (non-hydrogen) atoms. The van der Waals surface area contributed by atoms with Crippen LogP contribution in [0, 0.1) is 5.41 Å². The number of imidazole rings is 1. The molecular formula is C13H18N4O. The predicted molar refractivity (Wildman–Crippen MR) is 72.1 cm³/mol. The summed E-state index contributed by atoms with van der Waals surface area (Å²) in [6.45, 7) is 6.01. The Labute approximate surface area is 106 Å². The number of aromatic amines is 1. The predicted octanol–water partition coefficient (Wildman–Crippen LogP) is 2.01. The molecule has 1 heterocycles. The van der Waals surface area contributed by atoms with Gasteiger partial charge in [-0.05, 0) is 18.2 Å². The van der Waals surface area contributed by atoms with Crippen LogP contribution in [0.3, 0.4) is 0 Å². The number of nitrogens with two attached hydrogens (primary N) is 1. The minimum atomic E-state index is -0.411. The van der Waals surface area contributed by atoms with E-state index in [2.05, 4.69) is 15.3 Å². The molecule has 1 aromatic heterocycles. The Morgan fingerprint density at radius 1 is 1.44 bits per heavy atom. The van der Waals surface area contributed by atoms with Gasteiger partial charge in [0.15, 0.2) is 0 Å². The molecule has 0 aliphatic carbocycles. The lowest BCUT2D eigenvalue weighted by Gasteiger charge is -2.17. The van der Waals surface area contributed by atoms with Crippen LogP contribution in [0.15, 0.2) is 18.2 Å². The number of rotatable bonds is 2. The second kappa shape index (κ2) is 4.42. The number of carbonyl (C=O) groups is 1. The maximum Gasteiger partial charge on any atom is 0.229 e. The van der Waals surface area contributed by atoms with E-state index in [1.54, 1.807) is 0 Å². The first-order valence-electron chi connectivity index (χ1n) is 5.90. The van der Waals surface area contributed by atoms with Crippen LogP contribution >= 0.6 is 0 Å². The number of fused-ring (bicyclic) bond motifs is 1. The van der Waals surface area contributed by atoms with Crippen LogP contribution < -0.4 is 11.1 Å². The molecule has 5 heteroatoms. The smallest absolute Gasteiger partial charge is 0.229 e. The molecular weight excluding hydrogens is 228 g/mol. The molecule has 0 atom stereocenters. The van der Waals surface area contributed by atoms with Crippen LogP contribution in [-0.4, -0.2) is 15.9 Å². The second-order valence-electron chi connectivity index (χ2n) is 5.32. The number of amides is 1. The molecule has 0 fully saturated rings. The zero-order valence-corrected chi connectivity index (χ0v) is 10.9. The SMILES string of the molecule is CC(C)(C)C(=O)Nc1ccc2nc(CN)[nH]c2c1. The number of hydrogen-bond donors (Lipinski definition) is 3. The Morgan fingerprint density at radius 3 is 2.78 bits per heavy atom. The molecule has 0 radical (unpaired) electrons. The first kappa shape index (κ1) is 12.6. The lowest BCUT2D eigenvalue weighted by molar-refractivity contribution is -0.123. The molecule has 0 spiro atoms. The van der Waals surface area contributed by atoms with Gasteiger partial charge in [-0.3, -0.25) is 4.79 Å². The number of nitrogens with one attached hydrogen (secondary N) is 2. The molecule has 0 aliphatic rings. The summed E-state index contributed by atoms with van der Waals surface area (Å²) in [4.78, 5) is 19.3. The molecule has 1 amide bonds. The summed E-state index contributed by atoms with van der Waals surface area (Å²) in [5.41, 5.74) is 7.60. The van der Waals surface area contributed by atoms with Gasteiger partial charge in [0, 0.05) is 11.1 Å².